The van der Waals surface area contributed by atoms with Crippen LogP contribution in [0.4, 0.5) is 5.69 Å². The standard InChI is InChI=1S/C24H29NO5S/c1-3-4-5-8-20(26)17-10-12-18(13-11-17)25-22(27)16-30-23(25)9-6-7-19-14-15-21(31-19)24(28)29-2/h10-15,23H,3-9,16H2,1-2H3/t23-/m1/s1. The van der Waals surface area contributed by atoms with Gasteiger partial charge in [0.05, 0.1) is 7.11 Å². The van der Waals surface area contributed by atoms with Crippen LogP contribution in [0.1, 0.15) is 70.4 Å². The monoisotopic (exact) mass is 443 g/mol. The molecule has 166 valence electrons. The van der Waals surface area contributed by atoms with Crippen molar-refractivity contribution in [2.75, 3.05) is 18.6 Å². The van der Waals surface area contributed by atoms with Crippen LogP contribution >= 0.6 is 11.3 Å². The van der Waals surface area contributed by atoms with Gasteiger partial charge in [-0.25, -0.2) is 4.79 Å². The first-order chi connectivity index (χ1) is 15.0. The third-order valence-electron chi connectivity index (χ3n) is 5.35. The van der Waals surface area contributed by atoms with Crippen LogP contribution < -0.4 is 4.90 Å². The van der Waals surface area contributed by atoms with Crippen LogP contribution in [0, 0.1) is 0 Å². The number of nitrogens with zero attached hydrogens (tertiary/aromatic N) is 1. The van der Waals surface area contributed by atoms with Gasteiger partial charge in [-0.2, -0.15) is 0 Å². The molecule has 2 heterocycles. The number of benzene rings is 1. The molecule has 0 bridgehead atoms. The summed E-state index contributed by atoms with van der Waals surface area (Å²) < 4.78 is 10.5. The molecule has 3 rings (SSSR count). The van der Waals surface area contributed by atoms with Crippen molar-refractivity contribution in [1.29, 1.82) is 0 Å². The SMILES string of the molecule is CCCCCC(=O)c1ccc(N2C(=O)CO[C@@H]2CCCc2ccc(C(=O)OC)s2)cc1. The molecule has 31 heavy (non-hydrogen) atoms. The second-order valence-corrected chi connectivity index (χ2v) is 8.77. The molecule has 6 nitrogen and oxygen atoms in total. The van der Waals surface area contributed by atoms with Gasteiger partial charge in [-0.1, -0.05) is 19.8 Å². The average molecular weight is 444 g/mol. The first-order valence-electron chi connectivity index (χ1n) is 10.8. The number of unbranched alkanes of at least 4 members (excludes halogenated alkanes) is 2. The van der Waals surface area contributed by atoms with Crippen LogP contribution in [0.3, 0.4) is 0 Å². The Kier molecular flexibility index (Phi) is 8.37. The fraction of sp³-hybridized carbons (Fsp3) is 0.458. The molecule has 1 saturated heterocycles. The van der Waals surface area contributed by atoms with Crippen LogP contribution in [0.15, 0.2) is 36.4 Å². The van der Waals surface area contributed by atoms with Gasteiger partial charge in [0.1, 0.15) is 17.7 Å². The molecule has 0 spiro atoms. The number of esters is 1. The molecule has 0 unspecified atom stereocenters. The van der Waals surface area contributed by atoms with E-state index in [-0.39, 0.29) is 30.5 Å². The summed E-state index contributed by atoms with van der Waals surface area (Å²) in [4.78, 5) is 39.6. The Labute approximate surface area is 187 Å². The van der Waals surface area contributed by atoms with E-state index in [1.807, 2.05) is 18.2 Å². The Morgan fingerprint density at radius 1 is 1.13 bits per heavy atom. The number of hydrogen-bond acceptors (Lipinski definition) is 6. The minimum absolute atomic E-state index is 0.0634. The van der Waals surface area contributed by atoms with Gasteiger partial charge >= 0.3 is 5.97 Å². The predicted molar refractivity (Wildman–Crippen MR) is 121 cm³/mol. The number of rotatable bonds is 11. The molecule has 1 aromatic heterocycles. The summed E-state index contributed by atoms with van der Waals surface area (Å²) >= 11 is 1.43. The number of Topliss-reactive ketones (excluding diaryl/α,β-unsaturated/α-hetero) is 1. The highest BCUT2D eigenvalue weighted by molar-refractivity contribution is 7.13. The summed E-state index contributed by atoms with van der Waals surface area (Å²) in [6.45, 7) is 2.18. The van der Waals surface area contributed by atoms with E-state index >= 15 is 0 Å². The Hall–Kier alpha value is -2.51. The molecular weight excluding hydrogens is 414 g/mol. The van der Waals surface area contributed by atoms with E-state index in [4.69, 9.17) is 9.47 Å². The number of thiophene rings is 1. The fourth-order valence-electron chi connectivity index (χ4n) is 3.66. The highest BCUT2D eigenvalue weighted by Crippen LogP contribution is 2.27. The summed E-state index contributed by atoms with van der Waals surface area (Å²) in [5, 5.41) is 0. The fourth-order valence-corrected chi connectivity index (χ4v) is 4.62. The number of carbonyl (C=O) groups is 3. The van der Waals surface area contributed by atoms with Crippen molar-refractivity contribution in [3.63, 3.8) is 0 Å². The molecule has 2 aromatic rings. The summed E-state index contributed by atoms with van der Waals surface area (Å²) in [5.41, 5.74) is 1.43. The predicted octanol–water partition coefficient (Wildman–Crippen LogP) is 5.01. The highest BCUT2D eigenvalue weighted by Gasteiger charge is 2.32. The number of ketones is 1. The van der Waals surface area contributed by atoms with Crippen LogP contribution in [0.5, 0.6) is 0 Å². The average Bonchev–Trinajstić information content (AvgIpc) is 3.40. The third kappa shape index (κ3) is 6.02. The van der Waals surface area contributed by atoms with Gasteiger partial charge in [-0.05, 0) is 62.1 Å². The largest absolute Gasteiger partial charge is 0.465 e. The van der Waals surface area contributed by atoms with Crippen molar-refractivity contribution in [1.82, 2.24) is 0 Å². The molecule has 1 atom stereocenters. The first kappa shape index (κ1) is 23.2. The van der Waals surface area contributed by atoms with Gasteiger partial charge < -0.3 is 9.47 Å². The number of amides is 1. The second-order valence-electron chi connectivity index (χ2n) is 7.61. The zero-order valence-corrected chi connectivity index (χ0v) is 18.9. The molecule has 1 aliphatic rings. The lowest BCUT2D eigenvalue weighted by Gasteiger charge is -2.23. The van der Waals surface area contributed by atoms with Gasteiger partial charge in [0.2, 0.25) is 0 Å². The van der Waals surface area contributed by atoms with Crippen molar-refractivity contribution < 1.29 is 23.9 Å². The van der Waals surface area contributed by atoms with Crippen molar-refractivity contribution in [3.8, 4) is 0 Å². The molecule has 0 aliphatic carbocycles. The van der Waals surface area contributed by atoms with Crippen LogP contribution in [-0.2, 0) is 20.7 Å². The van der Waals surface area contributed by atoms with Crippen LogP contribution in [0.25, 0.3) is 0 Å². The molecular formula is C24H29NO5S. The Morgan fingerprint density at radius 2 is 1.90 bits per heavy atom. The molecule has 1 amide bonds. The van der Waals surface area contributed by atoms with E-state index in [2.05, 4.69) is 6.92 Å². The zero-order chi connectivity index (χ0) is 22.2. The van der Waals surface area contributed by atoms with E-state index < -0.39 is 0 Å². The summed E-state index contributed by atoms with van der Waals surface area (Å²) in [6, 6.07) is 11.0. The van der Waals surface area contributed by atoms with Crippen molar-refractivity contribution in [2.24, 2.45) is 0 Å². The number of aryl methyl sites for hydroxylation is 1. The van der Waals surface area contributed by atoms with Crippen molar-refractivity contribution in [3.05, 3.63) is 51.7 Å². The molecule has 0 saturated carbocycles. The van der Waals surface area contributed by atoms with Crippen molar-refractivity contribution in [2.45, 2.75) is 58.1 Å². The van der Waals surface area contributed by atoms with Gasteiger partial charge in [-0.3, -0.25) is 14.5 Å². The minimum atomic E-state index is -0.321. The first-order valence-corrected chi connectivity index (χ1v) is 11.6. The van der Waals surface area contributed by atoms with Crippen molar-refractivity contribution >= 4 is 34.7 Å². The van der Waals surface area contributed by atoms with Gasteiger partial charge in [0.25, 0.3) is 5.91 Å². The third-order valence-corrected chi connectivity index (χ3v) is 6.48. The smallest absolute Gasteiger partial charge is 0.348 e. The maximum atomic E-state index is 12.4. The molecule has 1 fully saturated rings. The number of ether oxygens (including phenoxy) is 2. The quantitative estimate of drug-likeness (QED) is 0.277. The van der Waals surface area contributed by atoms with Crippen LogP contribution in [0.2, 0.25) is 0 Å². The highest BCUT2D eigenvalue weighted by atomic mass is 32.1. The zero-order valence-electron chi connectivity index (χ0n) is 18.1. The summed E-state index contributed by atoms with van der Waals surface area (Å²) in [7, 11) is 1.37. The summed E-state index contributed by atoms with van der Waals surface area (Å²) in [6.07, 6.45) is 5.60. The Morgan fingerprint density at radius 3 is 2.61 bits per heavy atom. The molecule has 0 radical (unpaired) electrons. The van der Waals surface area contributed by atoms with Gasteiger partial charge in [0.15, 0.2) is 5.78 Å². The maximum Gasteiger partial charge on any atom is 0.348 e. The van der Waals surface area contributed by atoms with E-state index in [0.717, 1.165) is 42.7 Å². The lowest BCUT2D eigenvalue weighted by molar-refractivity contribution is -0.117. The number of carbonyl (C=O) groups excluding carboxylic acids is 3. The number of anilines is 1. The minimum Gasteiger partial charge on any atom is -0.465 e. The van der Waals surface area contributed by atoms with E-state index in [9.17, 15) is 14.4 Å². The molecule has 0 N–H and O–H groups in total. The lowest BCUT2D eigenvalue weighted by Crippen LogP contribution is -2.33. The summed E-state index contributed by atoms with van der Waals surface area (Å²) in [5.74, 6) is -0.251. The van der Waals surface area contributed by atoms with E-state index in [1.54, 1.807) is 23.1 Å². The van der Waals surface area contributed by atoms with Crippen LogP contribution in [-0.4, -0.2) is 37.6 Å². The Bertz CT molecular complexity index is 905. The number of hydrogen-bond donors (Lipinski definition) is 0. The van der Waals surface area contributed by atoms with Gasteiger partial charge in [-0.15, -0.1) is 11.3 Å². The van der Waals surface area contributed by atoms with E-state index in [0.29, 0.717) is 23.3 Å². The normalized spacial score (nSPS) is 16.0. The second kappa shape index (κ2) is 11.2. The topological polar surface area (TPSA) is 72.9 Å². The lowest BCUT2D eigenvalue weighted by atomic mass is 10.0. The molecule has 1 aliphatic heterocycles. The molecule has 7 heteroatoms. The maximum absolute atomic E-state index is 12.4. The molecule has 1 aromatic carbocycles. The number of methoxy groups -OCH3 is 1. The van der Waals surface area contributed by atoms with Gasteiger partial charge in [0, 0.05) is 22.5 Å². The Balaban J connectivity index is 1.56. The van der Waals surface area contributed by atoms with E-state index in [1.165, 1.54) is 18.4 Å².